The van der Waals surface area contributed by atoms with E-state index >= 15 is 0 Å². The van der Waals surface area contributed by atoms with E-state index in [1.165, 1.54) is 0 Å². The van der Waals surface area contributed by atoms with Crippen LogP contribution < -0.4 is 14.8 Å². The maximum atomic E-state index is 12.0. The van der Waals surface area contributed by atoms with Crippen molar-refractivity contribution in [3.05, 3.63) is 23.0 Å². The largest absolute Gasteiger partial charge is 0.454 e. The van der Waals surface area contributed by atoms with Crippen LogP contribution in [0.15, 0.2) is 22.6 Å². The van der Waals surface area contributed by atoms with Crippen LogP contribution in [0.5, 0.6) is 11.5 Å². The van der Waals surface area contributed by atoms with Gasteiger partial charge < -0.3 is 19.2 Å². The Balaban J connectivity index is 1.17. The third-order valence-electron chi connectivity index (χ3n) is 5.33. The molecule has 0 atom stereocenters. The van der Waals surface area contributed by atoms with Gasteiger partial charge in [-0.3, -0.25) is 14.6 Å². The predicted octanol–water partition coefficient (Wildman–Crippen LogP) is 1.45. The van der Waals surface area contributed by atoms with Crippen molar-refractivity contribution < 1.29 is 18.7 Å². The number of benzene rings is 1. The first-order valence-corrected chi connectivity index (χ1v) is 10.3. The zero-order valence-electron chi connectivity index (χ0n) is 16.0. The molecule has 154 valence electrons. The summed E-state index contributed by atoms with van der Waals surface area (Å²) in [5.41, 5.74) is 0.797. The fraction of sp³-hybridized carbons (Fsp3) is 0.526. The second kappa shape index (κ2) is 7.77. The highest BCUT2D eigenvalue weighted by Gasteiger charge is 2.25. The smallest absolute Gasteiger partial charge is 0.288 e. The molecule has 1 saturated carbocycles. The molecule has 1 N–H and O–H groups in total. The summed E-state index contributed by atoms with van der Waals surface area (Å²) >= 11 is 5.35. The van der Waals surface area contributed by atoms with Crippen molar-refractivity contribution in [2.24, 2.45) is 0 Å². The van der Waals surface area contributed by atoms with Gasteiger partial charge >= 0.3 is 0 Å². The van der Waals surface area contributed by atoms with Crippen LogP contribution in [-0.2, 0) is 11.5 Å². The number of nitrogens with one attached hydrogen (secondary N) is 1. The predicted molar refractivity (Wildman–Crippen MR) is 106 cm³/mol. The molecule has 2 aromatic rings. The highest BCUT2D eigenvalue weighted by atomic mass is 32.1. The number of aromatic nitrogens is 2. The molecule has 1 aromatic carbocycles. The monoisotopic (exact) mass is 417 g/mol. The molecule has 9 nitrogen and oxygen atoms in total. The quantitative estimate of drug-likeness (QED) is 0.707. The first-order valence-electron chi connectivity index (χ1n) is 9.86. The van der Waals surface area contributed by atoms with E-state index < -0.39 is 0 Å². The van der Waals surface area contributed by atoms with E-state index in [2.05, 4.69) is 20.2 Å². The fourth-order valence-corrected chi connectivity index (χ4v) is 3.70. The molecule has 1 amide bonds. The van der Waals surface area contributed by atoms with E-state index in [0.717, 1.165) is 50.3 Å². The Hall–Kier alpha value is -2.43. The van der Waals surface area contributed by atoms with Gasteiger partial charge in [0.15, 0.2) is 11.5 Å². The van der Waals surface area contributed by atoms with E-state index in [0.29, 0.717) is 35.7 Å². The molecule has 2 fully saturated rings. The first kappa shape index (κ1) is 18.6. The van der Waals surface area contributed by atoms with E-state index in [4.69, 9.17) is 26.1 Å². The number of rotatable bonds is 6. The maximum absolute atomic E-state index is 12.0. The summed E-state index contributed by atoms with van der Waals surface area (Å²) < 4.78 is 18.2. The highest BCUT2D eigenvalue weighted by Crippen LogP contribution is 2.35. The van der Waals surface area contributed by atoms with Gasteiger partial charge in [0, 0.05) is 37.8 Å². The molecule has 0 unspecified atom stereocenters. The highest BCUT2D eigenvalue weighted by molar-refractivity contribution is 7.71. The number of hydrogen-bond acceptors (Lipinski definition) is 8. The van der Waals surface area contributed by atoms with Crippen molar-refractivity contribution in [1.29, 1.82) is 0 Å². The standard InChI is InChI=1S/C19H23N5O4S/c25-17(20-14-2-3-14)10-22-5-7-23(8-6-22)11-24-19(29)28-18(21-24)13-1-4-15-16(9-13)27-12-26-15/h1,4,9,14H,2-3,5-8,10-12H2,(H,20,25). The van der Waals surface area contributed by atoms with Crippen LogP contribution >= 0.6 is 12.2 Å². The summed E-state index contributed by atoms with van der Waals surface area (Å²) in [5.74, 6) is 1.99. The number of piperazine rings is 1. The van der Waals surface area contributed by atoms with Crippen LogP contribution in [0.1, 0.15) is 12.8 Å². The first-order chi connectivity index (χ1) is 14.1. The zero-order valence-corrected chi connectivity index (χ0v) is 16.8. The number of carbonyl (C=O) groups is 1. The summed E-state index contributed by atoms with van der Waals surface area (Å²) in [6.07, 6.45) is 2.23. The molecule has 5 rings (SSSR count). The van der Waals surface area contributed by atoms with Crippen molar-refractivity contribution in [1.82, 2.24) is 24.9 Å². The number of amides is 1. The molecule has 3 heterocycles. The van der Waals surface area contributed by atoms with Crippen LogP contribution in [0, 0.1) is 4.84 Å². The van der Waals surface area contributed by atoms with Gasteiger partial charge in [-0.05, 0) is 43.3 Å². The Morgan fingerprint density at radius 3 is 2.69 bits per heavy atom. The van der Waals surface area contributed by atoms with Gasteiger partial charge in [0.05, 0.1) is 13.2 Å². The summed E-state index contributed by atoms with van der Waals surface area (Å²) in [6.45, 7) is 4.66. The van der Waals surface area contributed by atoms with E-state index in [9.17, 15) is 4.79 Å². The van der Waals surface area contributed by atoms with Gasteiger partial charge in [0.25, 0.3) is 4.84 Å². The summed E-state index contributed by atoms with van der Waals surface area (Å²) in [7, 11) is 0. The van der Waals surface area contributed by atoms with Gasteiger partial charge in [-0.1, -0.05) is 0 Å². The van der Waals surface area contributed by atoms with Gasteiger partial charge in [-0.25, -0.2) is 4.68 Å². The molecule has 29 heavy (non-hydrogen) atoms. The van der Waals surface area contributed by atoms with E-state index in [-0.39, 0.29) is 12.7 Å². The molecule has 0 bridgehead atoms. The van der Waals surface area contributed by atoms with Crippen LogP contribution in [0.25, 0.3) is 11.5 Å². The zero-order chi connectivity index (χ0) is 19.8. The summed E-state index contributed by atoms with van der Waals surface area (Å²) in [6, 6.07) is 5.98. The Morgan fingerprint density at radius 1 is 1.14 bits per heavy atom. The number of carbonyl (C=O) groups excluding carboxylic acids is 1. The Kier molecular flexibility index (Phi) is 4.98. The molecule has 0 radical (unpaired) electrons. The third kappa shape index (κ3) is 4.29. The lowest BCUT2D eigenvalue weighted by Gasteiger charge is -2.33. The average Bonchev–Trinajstić information content (AvgIpc) is 3.26. The van der Waals surface area contributed by atoms with Crippen LogP contribution in [0.4, 0.5) is 0 Å². The molecule has 1 saturated heterocycles. The topological polar surface area (TPSA) is 85.0 Å². The van der Waals surface area contributed by atoms with Crippen molar-refractivity contribution in [3.8, 4) is 23.0 Å². The summed E-state index contributed by atoms with van der Waals surface area (Å²) in [5, 5.41) is 7.58. The number of ether oxygens (including phenoxy) is 2. The van der Waals surface area contributed by atoms with Crippen LogP contribution in [0.3, 0.4) is 0 Å². The molecule has 10 heteroatoms. The molecule has 3 aliphatic rings. The minimum absolute atomic E-state index is 0.132. The maximum Gasteiger partial charge on any atom is 0.288 e. The van der Waals surface area contributed by atoms with Gasteiger partial charge in [-0.2, -0.15) is 0 Å². The van der Waals surface area contributed by atoms with Gasteiger partial charge in [0.1, 0.15) is 0 Å². The van der Waals surface area contributed by atoms with Crippen molar-refractivity contribution >= 4 is 18.1 Å². The van der Waals surface area contributed by atoms with Gasteiger partial charge in [-0.15, -0.1) is 5.10 Å². The molecular weight excluding hydrogens is 394 g/mol. The molecule has 1 aromatic heterocycles. The van der Waals surface area contributed by atoms with Gasteiger partial charge in [0.2, 0.25) is 18.6 Å². The Labute approximate surface area is 173 Å². The average molecular weight is 417 g/mol. The molecule has 2 aliphatic heterocycles. The number of fused-ring (bicyclic) bond motifs is 1. The SMILES string of the molecule is O=C(CN1CCN(Cn2nc(-c3ccc4c(c3)OCO4)oc2=S)CC1)NC1CC1. The minimum Gasteiger partial charge on any atom is -0.454 e. The summed E-state index contributed by atoms with van der Waals surface area (Å²) in [4.78, 5) is 16.8. The lowest BCUT2D eigenvalue weighted by Crippen LogP contribution is -2.49. The third-order valence-corrected chi connectivity index (χ3v) is 5.63. The number of nitrogens with zero attached hydrogens (tertiary/aromatic N) is 4. The lowest BCUT2D eigenvalue weighted by atomic mass is 10.2. The van der Waals surface area contributed by atoms with Crippen LogP contribution in [0.2, 0.25) is 0 Å². The fourth-order valence-electron chi connectivity index (χ4n) is 3.52. The number of hydrogen-bond donors (Lipinski definition) is 1. The van der Waals surface area contributed by atoms with Crippen molar-refractivity contribution in [2.45, 2.75) is 25.6 Å². The lowest BCUT2D eigenvalue weighted by molar-refractivity contribution is -0.122. The minimum atomic E-state index is 0.132. The van der Waals surface area contributed by atoms with Crippen molar-refractivity contribution in [3.63, 3.8) is 0 Å². The molecule has 0 spiro atoms. The normalized spacial score (nSPS) is 19.4. The second-order valence-corrected chi connectivity index (χ2v) is 7.97. The molecule has 1 aliphatic carbocycles. The second-order valence-electron chi connectivity index (χ2n) is 7.62. The van der Waals surface area contributed by atoms with Crippen molar-refractivity contribution in [2.75, 3.05) is 39.5 Å². The van der Waals surface area contributed by atoms with E-state index in [1.807, 2.05) is 18.2 Å². The van der Waals surface area contributed by atoms with Crippen LogP contribution in [-0.4, -0.2) is 71.0 Å². The van der Waals surface area contributed by atoms with E-state index in [1.54, 1.807) is 4.68 Å². The molecular formula is C19H23N5O4S. The Bertz CT molecular complexity index is 962. The Morgan fingerprint density at radius 2 is 1.90 bits per heavy atom.